The van der Waals surface area contributed by atoms with Crippen molar-refractivity contribution in [2.45, 2.75) is 13.5 Å². The topological polar surface area (TPSA) is 95.3 Å². The van der Waals surface area contributed by atoms with Crippen molar-refractivity contribution in [1.82, 2.24) is 29.1 Å². The van der Waals surface area contributed by atoms with Crippen molar-refractivity contribution >= 4 is 29.0 Å². The number of halogens is 2. The molecule has 1 aliphatic rings. The number of fused-ring (bicyclic) bond motifs is 1. The Morgan fingerprint density at radius 1 is 1.05 bits per heavy atom. The van der Waals surface area contributed by atoms with Crippen LogP contribution in [0.5, 0.6) is 5.75 Å². The molecule has 2 aromatic heterocycles. The molecule has 0 saturated carbocycles. The number of anilines is 2. The lowest BCUT2D eigenvalue weighted by Crippen LogP contribution is -2.51. The van der Waals surface area contributed by atoms with Gasteiger partial charge in [-0.3, -0.25) is 18.9 Å². The Kier molecular flexibility index (Phi) is 8.11. The largest absolute Gasteiger partial charge is 0.435 e. The molecule has 0 bridgehead atoms. The number of nitrogens with zero attached hydrogens (tertiary/aromatic N) is 6. The number of carbonyl (C=O) groups is 2. The van der Waals surface area contributed by atoms with Crippen LogP contribution in [0.15, 0.2) is 61.1 Å². The van der Waals surface area contributed by atoms with Crippen molar-refractivity contribution in [2.24, 2.45) is 0 Å². The van der Waals surface area contributed by atoms with Crippen LogP contribution >= 0.6 is 0 Å². The molecule has 0 radical (unpaired) electrons. The van der Waals surface area contributed by atoms with Gasteiger partial charge in [0, 0.05) is 69.5 Å². The van der Waals surface area contributed by atoms with Gasteiger partial charge >= 0.3 is 6.61 Å². The molecule has 5 rings (SSSR count). The molecule has 10 nitrogen and oxygen atoms in total. The predicted octanol–water partition coefficient (Wildman–Crippen LogP) is 3.90. The highest BCUT2D eigenvalue weighted by molar-refractivity contribution is 5.96. The molecule has 3 heterocycles. The van der Waals surface area contributed by atoms with Gasteiger partial charge in [-0.25, -0.2) is 9.97 Å². The molecule has 1 fully saturated rings. The van der Waals surface area contributed by atoms with Crippen LogP contribution < -0.4 is 10.1 Å². The monoisotopic (exact) mass is 563 g/mol. The van der Waals surface area contributed by atoms with E-state index in [1.165, 1.54) is 12.1 Å². The van der Waals surface area contributed by atoms with E-state index in [4.69, 9.17) is 0 Å². The summed E-state index contributed by atoms with van der Waals surface area (Å²) in [5.41, 5.74) is 4.33. The zero-order chi connectivity index (χ0) is 29.1. The molecule has 2 aromatic carbocycles. The Morgan fingerprint density at radius 3 is 2.44 bits per heavy atom. The molecule has 1 aliphatic heterocycles. The molecule has 1 saturated heterocycles. The van der Waals surface area contributed by atoms with Crippen LogP contribution in [0.3, 0.4) is 0 Å². The first-order valence-corrected chi connectivity index (χ1v) is 13.2. The maximum absolute atomic E-state index is 13.3. The number of likely N-dealkylation sites (N-methyl/N-ethyl adjacent to an activating group) is 1. The van der Waals surface area contributed by atoms with E-state index in [0.717, 1.165) is 22.5 Å². The van der Waals surface area contributed by atoms with Crippen molar-refractivity contribution in [3.05, 3.63) is 72.2 Å². The smallest absolute Gasteiger partial charge is 0.387 e. The first-order chi connectivity index (χ1) is 19.7. The maximum atomic E-state index is 13.3. The highest BCUT2D eigenvalue weighted by Crippen LogP contribution is 2.28. The zero-order valence-electron chi connectivity index (χ0n) is 23.1. The summed E-state index contributed by atoms with van der Waals surface area (Å²) in [6.07, 6.45) is 5.11. The van der Waals surface area contributed by atoms with Crippen molar-refractivity contribution in [3.63, 3.8) is 0 Å². The Hall–Kier alpha value is -4.58. The van der Waals surface area contributed by atoms with Crippen LogP contribution in [0.2, 0.25) is 0 Å². The van der Waals surface area contributed by atoms with Crippen molar-refractivity contribution in [3.8, 4) is 17.0 Å². The zero-order valence-corrected chi connectivity index (χ0v) is 23.1. The van der Waals surface area contributed by atoms with Crippen LogP contribution in [0.4, 0.5) is 20.3 Å². The number of nitrogens with one attached hydrogen (secondary N) is 1. The van der Waals surface area contributed by atoms with E-state index < -0.39 is 6.61 Å². The highest BCUT2D eigenvalue weighted by Gasteiger charge is 2.24. The number of ether oxygens (including phenoxy) is 1. The van der Waals surface area contributed by atoms with Crippen LogP contribution in [-0.2, 0) is 4.79 Å². The number of hydrogen-bond acceptors (Lipinski definition) is 7. The fourth-order valence-electron chi connectivity index (χ4n) is 4.76. The number of imidazole rings is 1. The summed E-state index contributed by atoms with van der Waals surface area (Å²) in [5.74, 6) is 0.628. The second-order valence-electron chi connectivity index (χ2n) is 10.0. The molecule has 214 valence electrons. The van der Waals surface area contributed by atoms with Crippen LogP contribution in [0.25, 0.3) is 16.9 Å². The summed E-state index contributed by atoms with van der Waals surface area (Å²) in [5, 5.41) is 3.30. The SMILES string of the molecule is Cc1cc(Nc2nccn3c(-c4ccc(OC(F)F)cc4)cnc23)ccc1C(=O)N1CCN(CC(=O)N(C)C)CC1. The lowest BCUT2D eigenvalue weighted by molar-refractivity contribution is -0.130. The number of aromatic nitrogens is 3. The van der Waals surface area contributed by atoms with E-state index in [0.29, 0.717) is 49.8 Å². The lowest BCUT2D eigenvalue weighted by atomic mass is 10.1. The third kappa shape index (κ3) is 6.27. The minimum absolute atomic E-state index is 0.0317. The minimum Gasteiger partial charge on any atom is -0.435 e. The third-order valence-electron chi connectivity index (χ3n) is 7.04. The quantitative estimate of drug-likeness (QED) is 0.348. The number of piperazine rings is 1. The second-order valence-corrected chi connectivity index (χ2v) is 10.0. The van der Waals surface area contributed by atoms with E-state index >= 15 is 0 Å². The minimum atomic E-state index is -2.88. The number of carbonyl (C=O) groups excluding carboxylic acids is 2. The van der Waals surface area contributed by atoms with Crippen LogP contribution in [0, 0.1) is 6.92 Å². The van der Waals surface area contributed by atoms with Crippen molar-refractivity contribution < 1.29 is 23.1 Å². The molecule has 4 aromatic rings. The molecule has 0 atom stereocenters. The van der Waals surface area contributed by atoms with E-state index in [1.54, 1.807) is 49.7 Å². The van der Waals surface area contributed by atoms with E-state index in [9.17, 15) is 18.4 Å². The number of alkyl halides is 2. The molecule has 0 spiro atoms. The van der Waals surface area contributed by atoms with Gasteiger partial charge in [-0.2, -0.15) is 8.78 Å². The van der Waals surface area contributed by atoms with Gasteiger partial charge in [0.25, 0.3) is 5.91 Å². The van der Waals surface area contributed by atoms with Gasteiger partial charge < -0.3 is 19.9 Å². The molecule has 0 unspecified atom stereocenters. The summed E-state index contributed by atoms with van der Waals surface area (Å²) in [6, 6.07) is 11.9. The number of rotatable bonds is 8. The van der Waals surface area contributed by atoms with Crippen LogP contribution in [0.1, 0.15) is 15.9 Å². The molecule has 2 amide bonds. The van der Waals surface area contributed by atoms with Crippen LogP contribution in [-0.4, -0.2) is 94.3 Å². The summed E-state index contributed by atoms with van der Waals surface area (Å²) >= 11 is 0. The van der Waals surface area contributed by atoms with E-state index in [2.05, 4.69) is 24.9 Å². The normalized spacial score (nSPS) is 14.0. The number of benzene rings is 2. The summed E-state index contributed by atoms with van der Waals surface area (Å²) in [6.45, 7) is 1.81. The number of hydrogen-bond donors (Lipinski definition) is 1. The van der Waals surface area contributed by atoms with Gasteiger partial charge in [0.1, 0.15) is 5.75 Å². The van der Waals surface area contributed by atoms with Gasteiger partial charge in [-0.05, 0) is 55.0 Å². The molecule has 0 aliphatic carbocycles. The van der Waals surface area contributed by atoms with Crippen molar-refractivity contribution in [2.75, 3.05) is 52.1 Å². The fourth-order valence-corrected chi connectivity index (χ4v) is 4.76. The molecule has 1 N–H and O–H groups in total. The summed E-state index contributed by atoms with van der Waals surface area (Å²) < 4.78 is 31.3. The number of aryl methyl sites for hydroxylation is 1. The van der Waals surface area contributed by atoms with Gasteiger partial charge in [0.15, 0.2) is 11.5 Å². The lowest BCUT2D eigenvalue weighted by Gasteiger charge is -2.35. The standard InChI is InChI=1S/C29H31F2N7O3/c1-19-16-21(6-9-23(19)28(40)37-14-12-36(13-15-37)18-25(39)35(2)3)34-26-27-33-17-24(38(27)11-10-32-26)20-4-7-22(8-5-20)41-29(30)31/h4-11,16-17,29H,12-15,18H2,1-3H3,(H,32,34). The Balaban J connectivity index is 1.27. The van der Waals surface area contributed by atoms with Crippen molar-refractivity contribution in [1.29, 1.82) is 0 Å². The van der Waals surface area contributed by atoms with Gasteiger partial charge in [-0.1, -0.05) is 0 Å². The summed E-state index contributed by atoms with van der Waals surface area (Å²) in [4.78, 5) is 39.7. The van der Waals surface area contributed by atoms with Gasteiger partial charge in [0.05, 0.1) is 18.4 Å². The predicted molar refractivity (Wildman–Crippen MR) is 151 cm³/mol. The molecular formula is C29H31F2N7O3. The Labute approximate surface area is 236 Å². The number of amides is 2. The van der Waals surface area contributed by atoms with Gasteiger partial charge in [-0.15, -0.1) is 0 Å². The average Bonchev–Trinajstić information content (AvgIpc) is 3.38. The first-order valence-electron chi connectivity index (χ1n) is 13.2. The fraction of sp³-hybridized carbons (Fsp3) is 0.310. The Morgan fingerprint density at radius 2 is 1.78 bits per heavy atom. The van der Waals surface area contributed by atoms with E-state index in [1.807, 2.05) is 34.4 Å². The molecule has 41 heavy (non-hydrogen) atoms. The average molecular weight is 564 g/mol. The van der Waals surface area contributed by atoms with Gasteiger partial charge in [0.2, 0.25) is 5.91 Å². The second kappa shape index (κ2) is 11.9. The Bertz CT molecular complexity index is 1550. The van der Waals surface area contributed by atoms with E-state index in [-0.39, 0.29) is 17.6 Å². The first kappa shape index (κ1) is 28.0. The molecular weight excluding hydrogens is 532 g/mol. The summed E-state index contributed by atoms with van der Waals surface area (Å²) in [7, 11) is 3.48. The maximum Gasteiger partial charge on any atom is 0.387 e. The third-order valence-corrected chi connectivity index (χ3v) is 7.04. The highest BCUT2D eigenvalue weighted by atomic mass is 19.3. The molecule has 12 heteroatoms.